The lowest BCUT2D eigenvalue weighted by Gasteiger charge is -2.49. The number of ether oxygens (including phenoxy) is 1. The Bertz CT molecular complexity index is 655. The molecular formula is C24H39NO. The topological polar surface area (TPSA) is 21.3 Å². The van der Waals surface area contributed by atoms with Crippen LogP contribution in [0, 0.1) is 0 Å². The minimum Gasteiger partial charge on any atom is -0.365 e. The first-order valence-electron chi connectivity index (χ1n) is 10.3. The van der Waals surface area contributed by atoms with Gasteiger partial charge in [-0.05, 0) is 69.6 Å². The predicted molar refractivity (Wildman–Crippen MR) is 113 cm³/mol. The molecule has 0 fully saturated rings. The van der Waals surface area contributed by atoms with E-state index in [1.165, 1.54) is 42.5 Å². The van der Waals surface area contributed by atoms with Crippen LogP contribution in [0.4, 0.5) is 5.69 Å². The Morgan fingerprint density at radius 2 is 1.12 bits per heavy atom. The number of nitrogens with one attached hydrogen (secondary N) is 1. The zero-order valence-corrected chi connectivity index (χ0v) is 18.5. The Labute approximate surface area is 161 Å². The van der Waals surface area contributed by atoms with Crippen molar-refractivity contribution in [1.82, 2.24) is 0 Å². The maximum atomic E-state index is 5.46. The lowest BCUT2D eigenvalue weighted by Crippen LogP contribution is -2.40. The van der Waals surface area contributed by atoms with E-state index in [-0.39, 0.29) is 21.7 Å². The number of methoxy groups -OCH3 is 1. The molecule has 0 bridgehead atoms. The van der Waals surface area contributed by atoms with Crippen molar-refractivity contribution in [2.24, 2.45) is 0 Å². The Balaban J connectivity index is 2.42. The number of benzene rings is 1. The Morgan fingerprint density at radius 3 is 1.50 bits per heavy atom. The smallest absolute Gasteiger partial charge is 0.116 e. The average molecular weight is 358 g/mol. The van der Waals surface area contributed by atoms with Crippen LogP contribution in [0.25, 0.3) is 0 Å². The number of fused-ring (bicyclic) bond motifs is 2. The number of hydrogen-bond donors (Lipinski definition) is 1. The van der Waals surface area contributed by atoms with Gasteiger partial charge in [-0.3, -0.25) is 0 Å². The Morgan fingerprint density at radius 1 is 0.731 bits per heavy atom. The first-order valence-corrected chi connectivity index (χ1v) is 10.3. The third-order valence-corrected chi connectivity index (χ3v) is 7.28. The predicted octanol–water partition coefficient (Wildman–Crippen LogP) is 6.40. The quantitative estimate of drug-likeness (QED) is 0.632. The summed E-state index contributed by atoms with van der Waals surface area (Å²) in [6, 6.07) is 2.59. The lowest BCUT2D eigenvalue weighted by molar-refractivity contribution is 0.220. The SMILES string of the molecule is COCNc1c2c(cc3c1C(C)(C)CCC3(C)C)C(C)(C)CCC2(C)C. The largest absolute Gasteiger partial charge is 0.365 e. The standard InChI is InChI=1S/C24H39NO/c1-21(2)10-12-23(5,6)18-16(21)14-17-19(20(18)25-15-26-9)24(7,8)13-11-22(17,3)4/h14,25H,10-13,15H2,1-9H3. The summed E-state index contributed by atoms with van der Waals surface area (Å²) in [6.07, 6.45) is 4.97. The second-order valence-corrected chi connectivity index (χ2v) is 11.2. The van der Waals surface area contributed by atoms with Crippen LogP contribution in [0.5, 0.6) is 0 Å². The molecule has 2 aliphatic carbocycles. The van der Waals surface area contributed by atoms with Crippen LogP contribution in [0.2, 0.25) is 0 Å². The van der Waals surface area contributed by atoms with E-state index < -0.39 is 0 Å². The van der Waals surface area contributed by atoms with Gasteiger partial charge in [-0.2, -0.15) is 0 Å². The summed E-state index contributed by atoms with van der Waals surface area (Å²) in [5.41, 5.74) is 8.37. The molecule has 3 rings (SSSR count). The summed E-state index contributed by atoms with van der Waals surface area (Å²) < 4.78 is 5.46. The second-order valence-electron chi connectivity index (χ2n) is 11.2. The van der Waals surface area contributed by atoms with E-state index >= 15 is 0 Å². The maximum absolute atomic E-state index is 5.46. The summed E-state index contributed by atoms with van der Waals surface area (Å²) in [5.74, 6) is 0. The molecule has 1 aromatic rings. The molecule has 2 aliphatic rings. The third kappa shape index (κ3) is 2.99. The van der Waals surface area contributed by atoms with Gasteiger partial charge in [-0.15, -0.1) is 0 Å². The highest BCUT2D eigenvalue weighted by Gasteiger charge is 2.45. The van der Waals surface area contributed by atoms with Gasteiger partial charge in [0.1, 0.15) is 6.73 Å². The normalized spacial score (nSPS) is 24.5. The van der Waals surface area contributed by atoms with E-state index in [9.17, 15) is 0 Å². The van der Waals surface area contributed by atoms with E-state index in [2.05, 4.69) is 66.8 Å². The van der Waals surface area contributed by atoms with E-state index in [0.717, 1.165) is 0 Å². The van der Waals surface area contributed by atoms with E-state index in [0.29, 0.717) is 6.73 Å². The summed E-state index contributed by atoms with van der Waals surface area (Å²) in [4.78, 5) is 0. The van der Waals surface area contributed by atoms with Gasteiger partial charge in [-0.25, -0.2) is 0 Å². The van der Waals surface area contributed by atoms with E-state index in [1.54, 1.807) is 18.2 Å². The van der Waals surface area contributed by atoms with Gasteiger partial charge in [-0.1, -0.05) is 61.5 Å². The van der Waals surface area contributed by atoms with E-state index in [1.807, 2.05) is 0 Å². The number of hydrogen-bond acceptors (Lipinski definition) is 2. The van der Waals surface area contributed by atoms with Gasteiger partial charge in [0.05, 0.1) is 0 Å². The van der Waals surface area contributed by atoms with Crippen molar-refractivity contribution in [3.63, 3.8) is 0 Å². The zero-order chi connectivity index (χ0) is 19.5. The van der Waals surface area contributed by atoms with Crippen LogP contribution in [-0.4, -0.2) is 13.8 Å². The minimum absolute atomic E-state index is 0.188. The molecule has 0 spiro atoms. The summed E-state index contributed by atoms with van der Waals surface area (Å²) >= 11 is 0. The molecule has 0 radical (unpaired) electrons. The molecule has 2 heteroatoms. The average Bonchev–Trinajstić information content (AvgIpc) is 2.53. The van der Waals surface area contributed by atoms with Crippen molar-refractivity contribution in [2.45, 2.75) is 103 Å². The first kappa shape index (κ1) is 19.7. The molecule has 2 nitrogen and oxygen atoms in total. The maximum Gasteiger partial charge on any atom is 0.116 e. The van der Waals surface area contributed by atoms with Crippen molar-refractivity contribution in [3.8, 4) is 0 Å². The van der Waals surface area contributed by atoms with Crippen LogP contribution in [0.15, 0.2) is 6.07 Å². The molecule has 1 N–H and O–H groups in total. The minimum atomic E-state index is 0.188. The Kier molecular flexibility index (Phi) is 4.55. The molecule has 26 heavy (non-hydrogen) atoms. The molecule has 146 valence electrons. The van der Waals surface area contributed by atoms with Crippen molar-refractivity contribution in [3.05, 3.63) is 28.3 Å². The van der Waals surface area contributed by atoms with Crippen molar-refractivity contribution in [2.75, 3.05) is 19.2 Å². The van der Waals surface area contributed by atoms with Crippen molar-refractivity contribution < 1.29 is 4.74 Å². The highest BCUT2D eigenvalue weighted by molar-refractivity contribution is 5.71. The summed E-state index contributed by atoms with van der Waals surface area (Å²) in [5, 5.41) is 3.72. The van der Waals surface area contributed by atoms with E-state index in [4.69, 9.17) is 4.74 Å². The highest BCUT2D eigenvalue weighted by atomic mass is 16.5. The molecule has 0 amide bonds. The summed E-state index contributed by atoms with van der Waals surface area (Å²) in [6.45, 7) is 20.0. The molecular weight excluding hydrogens is 318 g/mol. The first-order chi connectivity index (χ1) is 11.8. The van der Waals surface area contributed by atoms with Crippen LogP contribution in [0.3, 0.4) is 0 Å². The van der Waals surface area contributed by atoms with Crippen LogP contribution in [0.1, 0.15) is 103 Å². The molecule has 0 saturated heterocycles. The molecule has 0 saturated carbocycles. The monoisotopic (exact) mass is 357 g/mol. The fourth-order valence-electron chi connectivity index (χ4n) is 5.25. The van der Waals surface area contributed by atoms with Gasteiger partial charge in [0, 0.05) is 12.8 Å². The molecule has 0 aliphatic heterocycles. The molecule has 0 heterocycles. The molecule has 0 atom stereocenters. The zero-order valence-electron chi connectivity index (χ0n) is 18.5. The third-order valence-electron chi connectivity index (χ3n) is 7.28. The van der Waals surface area contributed by atoms with Crippen LogP contribution in [-0.2, 0) is 26.4 Å². The molecule has 0 aromatic heterocycles. The van der Waals surface area contributed by atoms with Gasteiger partial charge in [0.25, 0.3) is 0 Å². The lowest BCUT2D eigenvalue weighted by atomic mass is 9.56. The molecule has 0 unspecified atom stereocenters. The number of rotatable bonds is 3. The Hall–Kier alpha value is -1.02. The van der Waals surface area contributed by atoms with Gasteiger partial charge < -0.3 is 10.1 Å². The van der Waals surface area contributed by atoms with Crippen LogP contribution < -0.4 is 5.32 Å². The van der Waals surface area contributed by atoms with Crippen molar-refractivity contribution in [1.29, 1.82) is 0 Å². The second kappa shape index (κ2) is 5.99. The highest BCUT2D eigenvalue weighted by Crippen LogP contribution is 2.56. The van der Waals surface area contributed by atoms with Crippen molar-refractivity contribution >= 4 is 5.69 Å². The summed E-state index contributed by atoms with van der Waals surface area (Å²) in [7, 11) is 1.78. The van der Waals surface area contributed by atoms with Gasteiger partial charge in [0.2, 0.25) is 0 Å². The fraction of sp³-hybridized carbons (Fsp3) is 0.750. The fourth-order valence-corrected chi connectivity index (χ4v) is 5.25. The van der Waals surface area contributed by atoms with Gasteiger partial charge in [0.15, 0.2) is 0 Å². The van der Waals surface area contributed by atoms with Crippen LogP contribution >= 0.6 is 0 Å². The number of anilines is 1. The molecule has 1 aromatic carbocycles. The van der Waals surface area contributed by atoms with Gasteiger partial charge >= 0.3 is 0 Å².